The van der Waals surface area contributed by atoms with Crippen molar-refractivity contribution in [2.75, 3.05) is 14.2 Å². The average Bonchev–Trinajstić information content (AvgIpc) is 2.76. The Morgan fingerprint density at radius 2 is 2.00 bits per heavy atom. The molecule has 1 aromatic carbocycles. The summed E-state index contributed by atoms with van der Waals surface area (Å²) in [6, 6.07) is 8.15. The molecule has 96 valence electrons. The molecule has 0 aliphatic carbocycles. The minimum atomic E-state index is 0.729. The summed E-state index contributed by atoms with van der Waals surface area (Å²) in [6.45, 7) is 4.87. The molecule has 0 aliphatic heterocycles. The molecule has 0 unspecified atom stereocenters. The van der Waals surface area contributed by atoms with Gasteiger partial charge in [0.2, 0.25) is 0 Å². The summed E-state index contributed by atoms with van der Waals surface area (Å²) in [7, 11) is 3.59. The van der Waals surface area contributed by atoms with E-state index in [1.54, 1.807) is 7.11 Å². The van der Waals surface area contributed by atoms with Crippen LogP contribution in [-0.2, 0) is 6.54 Å². The van der Waals surface area contributed by atoms with Crippen molar-refractivity contribution < 1.29 is 9.15 Å². The third-order valence-corrected chi connectivity index (χ3v) is 2.92. The van der Waals surface area contributed by atoms with Crippen LogP contribution in [0.2, 0.25) is 0 Å². The highest BCUT2D eigenvalue weighted by Crippen LogP contribution is 2.35. The first-order valence-corrected chi connectivity index (χ1v) is 6.04. The summed E-state index contributed by atoms with van der Waals surface area (Å²) in [5.74, 6) is 2.64. The minimum Gasteiger partial charge on any atom is -0.496 e. The first kappa shape index (κ1) is 12.7. The molecular formula is C15H19NO2. The van der Waals surface area contributed by atoms with E-state index in [0.29, 0.717) is 0 Å². The van der Waals surface area contributed by atoms with E-state index in [0.717, 1.165) is 34.9 Å². The Kier molecular flexibility index (Phi) is 3.72. The fourth-order valence-corrected chi connectivity index (χ4v) is 2.19. The SMILES string of the molecule is CNCc1ccc(-c2c(C)cc(C)cc2OC)o1. The van der Waals surface area contributed by atoms with Crippen molar-refractivity contribution in [2.45, 2.75) is 20.4 Å². The maximum absolute atomic E-state index is 5.83. The molecule has 0 radical (unpaired) electrons. The van der Waals surface area contributed by atoms with Crippen LogP contribution in [0.5, 0.6) is 5.75 Å². The van der Waals surface area contributed by atoms with Crippen LogP contribution in [0, 0.1) is 13.8 Å². The second-order valence-electron chi connectivity index (χ2n) is 4.46. The molecule has 0 saturated heterocycles. The van der Waals surface area contributed by atoms with Gasteiger partial charge in [0.1, 0.15) is 17.3 Å². The number of methoxy groups -OCH3 is 1. The van der Waals surface area contributed by atoms with Gasteiger partial charge in [0, 0.05) is 0 Å². The summed E-state index contributed by atoms with van der Waals surface area (Å²) < 4.78 is 11.3. The number of furan rings is 1. The van der Waals surface area contributed by atoms with Gasteiger partial charge in [0.15, 0.2) is 0 Å². The van der Waals surface area contributed by atoms with Crippen LogP contribution in [0.15, 0.2) is 28.7 Å². The zero-order chi connectivity index (χ0) is 13.1. The molecule has 0 fully saturated rings. The number of hydrogen-bond acceptors (Lipinski definition) is 3. The highest BCUT2D eigenvalue weighted by atomic mass is 16.5. The molecule has 2 aromatic rings. The van der Waals surface area contributed by atoms with Gasteiger partial charge in [0.25, 0.3) is 0 Å². The average molecular weight is 245 g/mol. The lowest BCUT2D eigenvalue weighted by Crippen LogP contribution is -2.03. The van der Waals surface area contributed by atoms with Gasteiger partial charge in [-0.05, 0) is 50.2 Å². The number of hydrogen-bond donors (Lipinski definition) is 1. The summed E-state index contributed by atoms with van der Waals surface area (Å²) in [5, 5.41) is 3.08. The summed E-state index contributed by atoms with van der Waals surface area (Å²) >= 11 is 0. The Hall–Kier alpha value is -1.74. The monoisotopic (exact) mass is 245 g/mol. The van der Waals surface area contributed by atoms with E-state index in [2.05, 4.69) is 25.2 Å². The van der Waals surface area contributed by atoms with Crippen molar-refractivity contribution >= 4 is 0 Å². The van der Waals surface area contributed by atoms with Crippen LogP contribution in [0.25, 0.3) is 11.3 Å². The quantitative estimate of drug-likeness (QED) is 0.897. The third-order valence-electron chi connectivity index (χ3n) is 2.92. The first-order chi connectivity index (χ1) is 8.65. The van der Waals surface area contributed by atoms with Crippen molar-refractivity contribution in [1.82, 2.24) is 5.32 Å². The molecule has 1 heterocycles. The van der Waals surface area contributed by atoms with Crippen LogP contribution in [0.1, 0.15) is 16.9 Å². The predicted molar refractivity (Wildman–Crippen MR) is 72.9 cm³/mol. The molecule has 3 heteroatoms. The van der Waals surface area contributed by atoms with Gasteiger partial charge in [0.05, 0.1) is 19.2 Å². The number of ether oxygens (including phenoxy) is 1. The molecule has 0 saturated carbocycles. The van der Waals surface area contributed by atoms with Crippen LogP contribution in [-0.4, -0.2) is 14.2 Å². The van der Waals surface area contributed by atoms with Gasteiger partial charge in [-0.25, -0.2) is 0 Å². The van der Waals surface area contributed by atoms with E-state index in [4.69, 9.17) is 9.15 Å². The Labute approximate surface area is 108 Å². The number of rotatable bonds is 4. The van der Waals surface area contributed by atoms with Crippen LogP contribution in [0.4, 0.5) is 0 Å². The minimum absolute atomic E-state index is 0.729. The van der Waals surface area contributed by atoms with Crippen LogP contribution >= 0.6 is 0 Å². The van der Waals surface area contributed by atoms with Crippen LogP contribution in [0.3, 0.4) is 0 Å². The zero-order valence-electron chi connectivity index (χ0n) is 11.3. The number of nitrogens with one attached hydrogen (secondary N) is 1. The topological polar surface area (TPSA) is 34.4 Å². The second kappa shape index (κ2) is 5.27. The Bertz CT molecular complexity index is 543. The van der Waals surface area contributed by atoms with E-state index in [-0.39, 0.29) is 0 Å². The Morgan fingerprint density at radius 1 is 1.22 bits per heavy atom. The normalized spacial score (nSPS) is 10.7. The lowest BCUT2D eigenvalue weighted by molar-refractivity contribution is 0.413. The lowest BCUT2D eigenvalue weighted by atomic mass is 10.0. The molecule has 0 aliphatic rings. The summed E-state index contributed by atoms with van der Waals surface area (Å²) in [5.41, 5.74) is 3.39. The van der Waals surface area contributed by atoms with Gasteiger partial charge in [-0.3, -0.25) is 0 Å². The standard InChI is InChI=1S/C15H19NO2/c1-10-7-11(2)15(14(8-10)17-4)13-6-5-12(18-13)9-16-3/h5-8,16H,9H2,1-4H3. The zero-order valence-corrected chi connectivity index (χ0v) is 11.3. The van der Waals surface area contributed by atoms with Gasteiger partial charge < -0.3 is 14.5 Å². The van der Waals surface area contributed by atoms with Crippen molar-refractivity contribution in [3.8, 4) is 17.1 Å². The van der Waals surface area contributed by atoms with E-state index in [1.807, 2.05) is 25.2 Å². The molecule has 0 amide bonds. The molecular weight excluding hydrogens is 226 g/mol. The van der Waals surface area contributed by atoms with Gasteiger partial charge >= 0.3 is 0 Å². The van der Waals surface area contributed by atoms with E-state index < -0.39 is 0 Å². The lowest BCUT2D eigenvalue weighted by Gasteiger charge is -2.11. The molecule has 1 N–H and O–H groups in total. The number of benzene rings is 1. The molecule has 0 bridgehead atoms. The Morgan fingerprint density at radius 3 is 2.67 bits per heavy atom. The van der Waals surface area contributed by atoms with Crippen LogP contribution < -0.4 is 10.1 Å². The van der Waals surface area contributed by atoms with Crippen molar-refractivity contribution in [3.63, 3.8) is 0 Å². The summed E-state index contributed by atoms with van der Waals surface area (Å²) in [4.78, 5) is 0. The molecule has 1 aromatic heterocycles. The largest absolute Gasteiger partial charge is 0.496 e. The fraction of sp³-hybridized carbons (Fsp3) is 0.333. The van der Waals surface area contributed by atoms with E-state index in [9.17, 15) is 0 Å². The molecule has 18 heavy (non-hydrogen) atoms. The Balaban J connectivity index is 2.48. The molecule has 3 nitrogen and oxygen atoms in total. The van der Waals surface area contributed by atoms with Crippen molar-refractivity contribution in [3.05, 3.63) is 41.2 Å². The first-order valence-electron chi connectivity index (χ1n) is 6.04. The second-order valence-corrected chi connectivity index (χ2v) is 4.46. The maximum atomic E-state index is 5.83. The van der Waals surface area contributed by atoms with Gasteiger partial charge in [-0.2, -0.15) is 0 Å². The highest BCUT2D eigenvalue weighted by molar-refractivity contribution is 5.70. The molecule has 2 rings (SSSR count). The van der Waals surface area contributed by atoms with E-state index in [1.165, 1.54) is 5.56 Å². The van der Waals surface area contributed by atoms with Gasteiger partial charge in [-0.15, -0.1) is 0 Å². The maximum Gasteiger partial charge on any atom is 0.138 e. The molecule has 0 spiro atoms. The predicted octanol–water partition coefficient (Wildman–Crippen LogP) is 3.29. The summed E-state index contributed by atoms with van der Waals surface area (Å²) in [6.07, 6.45) is 0. The third kappa shape index (κ3) is 2.41. The number of aryl methyl sites for hydroxylation is 2. The fourth-order valence-electron chi connectivity index (χ4n) is 2.19. The van der Waals surface area contributed by atoms with Gasteiger partial charge in [-0.1, -0.05) is 6.07 Å². The highest BCUT2D eigenvalue weighted by Gasteiger charge is 2.13. The van der Waals surface area contributed by atoms with E-state index >= 15 is 0 Å². The van der Waals surface area contributed by atoms with Crippen molar-refractivity contribution in [2.24, 2.45) is 0 Å². The molecule has 0 atom stereocenters. The smallest absolute Gasteiger partial charge is 0.138 e. The van der Waals surface area contributed by atoms with Crippen molar-refractivity contribution in [1.29, 1.82) is 0 Å².